The van der Waals surface area contributed by atoms with E-state index in [9.17, 15) is 9.59 Å². The average molecular weight is 423 g/mol. The fourth-order valence-electron chi connectivity index (χ4n) is 5.29. The van der Waals surface area contributed by atoms with Gasteiger partial charge in [-0.25, -0.2) is 0 Å². The van der Waals surface area contributed by atoms with Crippen LogP contribution in [0.5, 0.6) is 5.75 Å². The number of hydrogen-bond donors (Lipinski definition) is 2. The van der Waals surface area contributed by atoms with Gasteiger partial charge >= 0.3 is 0 Å². The Labute approximate surface area is 184 Å². The van der Waals surface area contributed by atoms with E-state index < -0.39 is 0 Å². The number of amides is 2. The molecule has 0 spiro atoms. The van der Waals surface area contributed by atoms with Crippen LogP contribution in [0.2, 0.25) is 0 Å². The van der Waals surface area contributed by atoms with Crippen molar-refractivity contribution in [3.8, 4) is 5.75 Å². The predicted octanol–water partition coefficient (Wildman–Crippen LogP) is 4.66. The SMILES string of the molecule is COc1ccc(C[C@@]2(CCC(=O)NC3CCCCCC3)CCC(=O)N2)c2ccccc12. The standard InChI is InChI=1S/C26H34N2O3/c1-31-23-13-12-19(21-10-6-7-11-22(21)23)18-26(17-15-25(30)28-26)16-14-24(29)27-20-8-4-2-3-5-9-20/h6-7,10-13,20H,2-5,8-9,14-18H2,1H3,(H,27,29)(H,28,30)/t26-/m1/s1. The van der Waals surface area contributed by atoms with Crippen LogP contribution in [0.25, 0.3) is 10.8 Å². The van der Waals surface area contributed by atoms with Crippen molar-refractivity contribution in [3.05, 3.63) is 42.0 Å². The Morgan fingerprint density at radius 2 is 1.84 bits per heavy atom. The van der Waals surface area contributed by atoms with Crippen LogP contribution >= 0.6 is 0 Å². The zero-order valence-corrected chi connectivity index (χ0v) is 18.5. The molecule has 31 heavy (non-hydrogen) atoms. The minimum Gasteiger partial charge on any atom is -0.496 e. The molecule has 2 amide bonds. The maximum Gasteiger partial charge on any atom is 0.220 e. The predicted molar refractivity (Wildman–Crippen MR) is 123 cm³/mol. The lowest BCUT2D eigenvalue weighted by molar-refractivity contribution is -0.123. The van der Waals surface area contributed by atoms with Gasteiger partial charge in [-0.3, -0.25) is 9.59 Å². The van der Waals surface area contributed by atoms with Gasteiger partial charge in [-0.05, 0) is 49.1 Å². The number of fused-ring (bicyclic) bond motifs is 1. The van der Waals surface area contributed by atoms with Crippen LogP contribution in [0.3, 0.4) is 0 Å². The Bertz CT molecular complexity index is 933. The van der Waals surface area contributed by atoms with Crippen LogP contribution in [-0.4, -0.2) is 30.5 Å². The molecule has 4 rings (SSSR count). The van der Waals surface area contributed by atoms with E-state index in [-0.39, 0.29) is 17.4 Å². The quantitative estimate of drug-likeness (QED) is 0.638. The van der Waals surface area contributed by atoms with Gasteiger partial charge in [-0.1, -0.05) is 56.0 Å². The number of hydrogen-bond acceptors (Lipinski definition) is 3. The summed E-state index contributed by atoms with van der Waals surface area (Å²) in [6.07, 6.45) is 10.3. The molecule has 1 aliphatic heterocycles. The summed E-state index contributed by atoms with van der Waals surface area (Å²) in [7, 11) is 1.69. The van der Waals surface area contributed by atoms with E-state index in [0.29, 0.717) is 25.3 Å². The Morgan fingerprint density at radius 1 is 1.10 bits per heavy atom. The summed E-state index contributed by atoms with van der Waals surface area (Å²) in [5.41, 5.74) is 0.817. The largest absolute Gasteiger partial charge is 0.496 e. The second kappa shape index (κ2) is 9.71. The first-order valence-electron chi connectivity index (χ1n) is 11.7. The van der Waals surface area contributed by atoms with E-state index in [2.05, 4.69) is 28.8 Å². The molecular formula is C26H34N2O3. The minimum absolute atomic E-state index is 0.0852. The molecule has 0 radical (unpaired) electrons. The molecule has 1 saturated heterocycles. The number of benzene rings is 2. The van der Waals surface area contributed by atoms with Gasteiger partial charge in [0, 0.05) is 29.8 Å². The second-order valence-electron chi connectivity index (χ2n) is 9.23. The van der Waals surface area contributed by atoms with E-state index in [0.717, 1.165) is 42.2 Å². The summed E-state index contributed by atoms with van der Waals surface area (Å²) in [5, 5.41) is 8.70. The van der Waals surface area contributed by atoms with E-state index in [1.807, 2.05) is 18.2 Å². The number of carbonyl (C=O) groups is 2. The Balaban J connectivity index is 1.48. The molecule has 2 aliphatic rings. The number of ether oxygens (including phenoxy) is 1. The Kier molecular flexibility index (Phi) is 6.79. The highest BCUT2D eigenvalue weighted by molar-refractivity contribution is 5.91. The molecule has 2 aromatic carbocycles. The molecular weight excluding hydrogens is 388 g/mol. The molecule has 5 nitrogen and oxygen atoms in total. The molecule has 0 unspecified atom stereocenters. The first kappa shape index (κ1) is 21.7. The Hall–Kier alpha value is -2.56. The molecule has 2 fully saturated rings. The Morgan fingerprint density at radius 3 is 2.52 bits per heavy atom. The minimum atomic E-state index is -0.366. The number of carbonyl (C=O) groups excluding carboxylic acids is 2. The maximum absolute atomic E-state index is 12.7. The first-order chi connectivity index (χ1) is 15.1. The molecule has 0 aromatic heterocycles. The molecule has 1 saturated carbocycles. The molecule has 1 atom stereocenters. The van der Waals surface area contributed by atoms with Crippen LogP contribution in [0.15, 0.2) is 36.4 Å². The van der Waals surface area contributed by atoms with Gasteiger partial charge in [0.25, 0.3) is 0 Å². The first-order valence-corrected chi connectivity index (χ1v) is 11.7. The molecule has 1 heterocycles. The normalized spacial score (nSPS) is 22.2. The summed E-state index contributed by atoms with van der Waals surface area (Å²) < 4.78 is 5.53. The van der Waals surface area contributed by atoms with E-state index in [1.54, 1.807) is 7.11 Å². The molecule has 166 valence electrons. The smallest absolute Gasteiger partial charge is 0.220 e. The lowest BCUT2D eigenvalue weighted by Crippen LogP contribution is -2.45. The third-order valence-corrected chi connectivity index (χ3v) is 7.01. The van der Waals surface area contributed by atoms with Crippen molar-refractivity contribution in [1.29, 1.82) is 0 Å². The van der Waals surface area contributed by atoms with Crippen LogP contribution in [0, 0.1) is 0 Å². The summed E-state index contributed by atoms with van der Waals surface area (Å²) in [4.78, 5) is 24.9. The second-order valence-corrected chi connectivity index (χ2v) is 9.23. The number of nitrogens with one attached hydrogen (secondary N) is 2. The van der Waals surface area contributed by atoms with Gasteiger partial charge in [0.1, 0.15) is 5.75 Å². The lowest BCUT2D eigenvalue weighted by Gasteiger charge is -2.30. The zero-order valence-electron chi connectivity index (χ0n) is 18.5. The topological polar surface area (TPSA) is 67.4 Å². The van der Waals surface area contributed by atoms with Crippen LogP contribution in [0.4, 0.5) is 0 Å². The highest BCUT2D eigenvalue weighted by Crippen LogP contribution is 2.35. The lowest BCUT2D eigenvalue weighted by atomic mass is 9.83. The van der Waals surface area contributed by atoms with Crippen LogP contribution in [-0.2, 0) is 16.0 Å². The summed E-state index contributed by atoms with van der Waals surface area (Å²) in [6, 6.07) is 12.6. The van der Waals surface area contributed by atoms with Gasteiger partial charge in [-0.15, -0.1) is 0 Å². The third kappa shape index (κ3) is 5.20. The summed E-state index contributed by atoms with van der Waals surface area (Å²) >= 11 is 0. The van der Waals surface area contributed by atoms with E-state index in [1.165, 1.54) is 31.2 Å². The molecule has 0 bridgehead atoms. The monoisotopic (exact) mass is 422 g/mol. The fourth-order valence-corrected chi connectivity index (χ4v) is 5.29. The van der Waals surface area contributed by atoms with E-state index in [4.69, 9.17) is 4.74 Å². The zero-order chi connectivity index (χ0) is 21.7. The fraction of sp³-hybridized carbons (Fsp3) is 0.538. The van der Waals surface area contributed by atoms with Crippen LogP contribution in [0.1, 0.15) is 69.8 Å². The maximum atomic E-state index is 12.7. The molecule has 2 aromatic rings. The van der Waals surface area contributed by atoms with Gasteiger partial charge in [0.15, 0.2) is 0 Å². The highest BCUT2D eigenvalue weighted by atomic mass is 16.5. The van der Waals surface area contributed by atoms with Crippen molar-refractivity contribution < 1.29 is 14.3 Å². The molecule has 5 heteroatoms. The number of methoxy groups -OCH3 is 1. The van der Waals surface area contributed by atoms with Crippen molar-refractivity contribution in [2.45, 2.75) is 82.2 Å². The average Bonchev–Trinajstić information content (AvgIpc) is 2.97. The van der Waals surface area contributed by atoms with Crippen molar-refractivity contribution in [2.24, 2.45) is 0 Å². The van der Waals surface area contributed by atoms with E-state index >= 15 is 0 Å². The van der Waals surface area contributed by atoms with Crippen molar-refractivity contribution >= 4 is 22.6 Å². The molecule has 1 aliphatic carbocycles. The molecule has 2 N–H and O–H groups in total. The van der Waals surface area contributed by atoms with Gasteiger partial charge in [0.05, 0.1) is 7.11 Å². The van der Waals surface area contributed by atoms with Gasteiger partial charge in [0.2, 0.25) is 11.8 Å². The van der Waals surface area contributed by atoms with Crippen molar-refractivity contribution in [1.82, 2.24) is 10.6 Å². The van der Waals surface area contributed by atoms with Crippen molar-refractivity contribution in [3.63, 3.8) is 0 Å². The number of rotatable bonds is 7. The van der Waals surface area contributed by atoms with Crippen molar-refractivity contribution in [2.75, 3.05) is 7.11 Å². The summed E-state index contributed by atoms with van der Waals surface area (Å²) in [6.45, 7) is 0. The third-order valence-electron chi connectivity index (χ3n) is 7.01. The van der Waals surface area contributed by atoms with Gasteiger partial charge < -0.3 is 15.4 Å². The highest BCUT2D eigenvalue weighted by Gasteiger charge is 2.38. The van der Waals surface area contributed by atoms with Gasteiger partial charge in [-0.2, -0.15) is 0 Å². The van der Waals surface area contributed by atoms with Crippen LogP contribution < -0.4 is 15.4 Å². The summed E-state index contributed by atoms with van der Waals surface area (Å²) in [5.74, 6) is 1.06.